The lowest BCUT2D eigenvalue weighted by Gasteiger charge is -2.18. The van der Waals surface area contributed by atoms with E-state index in [1.807, 2.05) is 40.6 Å². The highest BCUT2D eigenvalue weighted by Gasteiger charge is 2.31. The molecule has 0 bridgehead atoms. The zero-order valence-electron chi connectivity index (χ0n) is 31.3. The maximum atomic E-state index is 10.6. The molecule has 1 aliphatic carbocycles. The predicted molar refractivity (Wildman–Crippen MR) is 211 cm³/mol. The van der Waals surface area contributed by atoms with Gasteiger partial charge in [0.25, 0.3) is 0 Å². The van der Waals surface area contributed by atoms with Crippen LogP contribution in [0.4, 0.5) is 11.4 Å². The van der Waals surface area contributed by atoms with Crippen molar-refractivity contribution in [2.45, 2.75) is 86.7 Å². The number of aryl methyl sites for hydroxylation is 6. The number of aliphatic imine (C=N–C) groups is 2. The van der Waals surface area contributed by atoms with Crippen LogP contribution in [0.15, 0.2) is 70.6 Å². The maximum Gasteiger partial charge on any atom is 0.0909 e. The van der Waals surface area contributed by atoms with Gasteiger partial charge in [0.1, 0.15) is 0 Å². The van der Waals surface area contributed by atoms with E-state index in [1.165, 1.54) is 50.1 Å². The summed E-state index contributed by atoms with van der Waals surface area (Å²) in [5.74, 6) is 0. The summed E-state index contributed by atoms with van der Waals surface area (Å²) in [6.45, 7) is 18.6. The van der Waals surface area contributed by atoms with Crippen LogP contribution in [0.3, 0.4) is 0 Å². The van der Waals surface area contributed by atoms with E-state index in [9.17, 15) is 5.11 Å². The smallest absolute Gasteiger partial charge is 0.0909 e. The number of nitrogens with zero attached hydrogens (tertiary/aromatic N) is 4. The minimum Gasteiger partial charge on any atom is -0.385 e. The Bertz CT molecular complexity index is 1820. The van der Waals surface area contributed by atoms with Crippen molar-refractivity contribution in [1.82, 2.24) is 9.80 Å². The molecular formula is C43H55ClN4O. The molecule has 4 aromatic rings. The molecule has 5 nitrogen and oxygen atoms in total. The summed E-state index contributed by atoms with van der Waals surface area (Å²) in [6, 6.07) is 21.7. The second-order valence-electron chi connectivity index (χ2n) is 14.0. The van der Waals surface area contributed by atoms with Crippen molar-refractivity contribution in [1.29, 1.82) is 0 Å². The number of rotatable bonds is 10. The van der Waals surface area contributed by atoms with Crippen LogP contribution in [0.1, 0.15) is 88.4 Å². The van der Waals surface area contributed by atoms with Crippen molar-refractivity contribution in [2.75, 3.05) is 27.2 Å². The van der Waals surface area contributed by atoms with Crippen LogP contribution < -0.4 is 0 Å². The van der Waals surface area contributed by atoms with Gasteiger partial charge in [0.15, 0.2) is 0 Å². The standard InChI is InChI=1S/C23H30N2O.C20H25ClN2/c1-6-25(5)15-24-22-12-16(2)20(11-17(22)3)13-18-7-8-19-9-10-23(4,26)21(19)14-18;1-6-23(5)13-22-20-10-15(3)18(9-16(20)4)11-17-8-7-14(2)19(21)12-17/h7-8,11-12,14-15,26H,6,9-10,13H2,1-5H3;7-10,12-13H,6,11H2,1-5H3. The Hall–Kier alpha value is -3.93. The Morgan fingerprint density at radius 2 is 1.18 bits per heavy atom. The first-order valence-corrected chi connectivity index (χ1v) is 17.9. The van der Waals surface area contributed by atoms with Gasteiger partial charge in [0.05, 0.1) is 29.7 Å². The number of benzene rings is 4. The number of hydrogen-bond acceptors (Lipinski definition) is 3. The first-order valence-electron chi connectivity index (χ1n) is 17.5. The molecule has 0 heterocycles. The highest BCUT2D eigenvalue weighted by Crippen LogP contribution is 2.37. The third-order valence-corrected chi connectivity index (χ3v) is 10.2. The lowest BCUT2D eigenvalue weighted by Crippen LogP contribution is -2.16. The van der Waals surface area contributed by atoms with Crippen molar-refractivity contribution < 1.29 is 5.11 Å². The fourth-order valence-electron chi connectivity index (χ4n) is 6.02. The van der Waals surface area contributed by atoms with E-state index in [0.717, 1.165) is 66.3 Å². The molecule has 260 valence electrons. The molecule has 0 radical (unpaired) electrons. The van der Waals surface area contributed by atoms with Crippen LogP contribution >= 0.6 is 11.6 Å². The van der Waals surface area contributed by atoms with Crippen LogP contribution in [0, 0.1) is 34.6 Å². The molecule has 1 atom stereocenters. The second-order valence-corrected chi connectivity index (χ2v) is 14.4. The molecule has 0 saturated carbocycles. The summed E-state index contributed by atoms with van der Waals surface area (Å²) in [7, 11) is 4.06. The number of aliphatic hydroxyl groups is 1. The molecule has 49 heavy (non-hydrogen) atoms. The second kappa shape index (κ2) is 16.7. The molecule has 0 fully saturated rings. The van der Waals surface area contributed by atoms with Crippen LogP contribution in [-0.4, -0.2) is 54.8 Å². The average molecular weight is 679 g/mol. The zero-order valence-corrected chi connectivity index (χ0v) is 32.0. The molecule has 5 rings (SSSR count). The number of halogens is 1. The predicted octanol–water partition coefficient (Wildman–Crippen LogP) is 10.1. The molecule has 0 aliphatic heterocycles. The first-order chi connectivity index (χ1) is 23.2. The van der Waals surface area contributed by atoms with Gasteiger partial charge in [-0.05, 0) is 160 Å². The number of fused-ring (bicyclic) bond motifs is 1. The van der Waals surface area contributed by atoms with Crippen molar-refractivity contribution in [3.63, 3.8) is 0 Å². The van der Waals surface area contributed by atoms with Crippen LogP contribution in [0.2, 0.25) is 5.02 Å². The summed E-state index contributed by atoms with van der Waals surface area (Å²) in [5.41, 5.74) is 15.0. The molecule has 1 unspecified atom stereocenters. The zero-order chi connectivity index (χ0) is 35.9. The first kappa shape index (κ1) is 37.9. The summed E-state index contributed by atoms with van der Waals surface area (Å²) >= 11 is 6.24. The third-order valence-electron chi connectivity index (χ3n) is 9.76. The topological polar surface area (TPSA) is 51.4 Å². The van der Waals surface area contributed by atoms with Gasteiger partial charge in [-0.2, -0.15) is 0 Å². The highest BCUT2D eigenvalue weighted by molar-refractivity contribution is 6.31. The van der Waals surface area contributed by atoms with E-state index in [4.69, 9.17) is 11.6 Å². The largest absolute Gasteiger partial charge is 0.385 e. The third kappa shape index (κ3) is 10.1. The van der Waals surface area contributed by atoms with E-state index in [2.05, 4.69) is 122 Å². The Balaban J connectivity index is 0.000000223. The minimum atomic E-state index is -0.680. The Kier molecular flexibility index (Phi) is 12.9. The van der Waals surface area contributed by atoms with Crippen molar-refractivity contribution >= 4 is 35.7 Å². The van der Waals surface area contributed by atoms with Crippen molar-refractivity contribution in [3.05, 3.63) is 127 Å². The minimum absolute atomic E-state index is 0.680. The lowest BCUT2D eigenvalue weighted by molar-refractivity contribution is 0.0594. The molecular weight excluding hydrogens is 624 g/mol. The normalized spacial score (nSPS) is 15.4. The van der Waals surface area contributed by atoms with Gasteiger partial charge in [0, 0.05) is 32.2 Å². The van der Waals surface area contributed by atoms with E-state index >= 15 is 0 Å². The number of hydrogen-bond donors (Lipinski definition) is 1. The van der Waals surface area contributed by atoms with Crippen LogP contribution in [0.25, 0.3) is 0 Å². The van der Waals surface area contributed by atoms with Gasteiger partial charge in [-0.3, -0.25) is 0 Å². The van der Waals surface area contributed by atoms with Gasteiger partial charge < -0.3 is 14.9 Å². The van der Waals surface area contributed by atoms with Crippen molar-refractivity contribution in [2.24, 2.45) is 9.98 Å². The SMILES string of the molecule is CCN(C)C=Nc1cc(C)c(Cc2ccc(C)c(Cl)c2)cc1C.CCN(C)C=Nc1cc(C)c(Cc2ccc3c(c2)C(C)(O)CC3)cc1C. The average Bonchev–Trinajstić information content (AvgIpc) is 3.37. The molecule has 1 aliphatic rings. The monoisotopic (exact) mass is 678 g/mol. The Morgan fingerprint density at radius 3 is 1.67 bits per heavy atom. The fourth-order valence-corrected chi connectivity index (χ4v) is 6.22. The molecule has 0 amide bonds. The molecule has 0 spiro atoms. The molecule has 1 N–H and O–H groups in total. The van der Waals surface area contributed by atoms with E-state index in [1.54, 1.807) is 0 Å². The molecule has 0 aromatic heterocycles. The quantitative estimate of drug-likeness (QED) is 0.134. The van der Waals surface area contributed by atoms with Gasteiger partial charge >= 0.3 is 0 Å². The van der Waals surface area contributed by atoms with Gasteiger partial charge in [-0.25, -0.2) is 9.98 Å². The Labute approximate surface area is 300 Å². The lowest BCUT2D eigenvalue weighted by atomic mass is 9.93. The Morgan fingerprint density at radius 1 is 0.694 bits per heavy atom. The van der Waals surface area contributed by atoms with Gasteiger partial charge in [-0.15, -0.1) is 0 Å². The molecule has 6 heteroatoms. The van der Waals surface area contributed by atoms with Gasteiger partial charge in [0.2, 0.25) is 0 Å². The highest BCUT2D eigenvalue weighted by atomic mass is 35.5. The summed E-state index contributed by atoms with van der Waals surface area (Å²) < 4.78 is 0. The van der Waals surface area contributed by atoms with E-state index in [0.29, 0.717) is 0 Å². The van der Waals surface area contributed by atoms with Crippen LogP contribution in [-0.2, 0) is 24.9 Å². The van der Waals surface area contributed by atoms with E-state index < -0.39 is 5.60 Å². The summed E-state index contributed by atoms with van der Waals surface area (Å²) in [6.07, 6.45) is 7.36. The van der Waals surface area contributed by atoms with Crippen LogP contribution in [0.5, 0.6) is 0 Å². The maximum absolute atomic E-state index is 10.6. The fraction of sp³-hybridized carbons (Fsp3) is 0.395. The molecule has 0 saturated heterocycles. The van der Waals surface area contributed by atoms with E-state index in [-0.39, 0.29) is 0 Å². The summed E-state index contributed by atoms with van der Waals surface area (Å²) in [5, 5.41) is 11.4. The molecule has 4 aromatic carbocycles. The summed E-state index contributed by atoms with van der Waals surface area (Å²) in [4.78, 5) is 13.3. The van der Waals surface area contributed by atoms with Crippen molar-refractivity contribution in [3.8, 4) is 0 Å². The van der Waals surface area contributed by atoms with Gasteiger partial charge in [-0.1, -0.05) is 54.1 Å².